The fourth-order valence-corrected chi connectivity index (χ4v) is 4.88. The molecule has 2 heterocycles. The lowest BCUT2D eigenvalue weighted by atomic mass is 10.0. The molecule has 4 nitrogen and oxygen atoms in total. The van der Waals surface area contributed by atoms with Gasteiger partial charge in [0.15, 0.2) is 4.34 Å². The Morgan fingerprint density at radius 1 is 1.58 bits per heavy atom. The van der Waals surface area contributed by atoms with Gasteiger partial charge in [-0.15, -0.1) is 11.3 Å². The summed E-state index contributed by atoms with van der Waals surface area (Å²) in [6.07, 6.45) is 0.964. The summed E-state index contributed by atoms with van der Waals surface area (Å²) >= 11 is 3.21. The van der Waals surface area contributed by atoms with E-state index in [2.05, 4.69) is 32.7 Å². The molecule has 19 heavy (non-hydrogen) atoms. The maximum absolute atomic E-state index is 10.6. The molecule has 0 aromatic carbocycles. The number of carbonyl (C=O) groups is 1. The van der Waals surface area contributed by atoms with Crippen LogP contribution in [0.15, 0.2) is 9.72 Å². The first kappa shape index (κ1) is 14.8. The Morgan fingerprint density at radius 3 is 2.79 bits per heavy atom. The zero-order chi connectivity index (χ0) is 14.3. The zero-order valence-corrected chi connectivity index (χ0v) is 13.2. The molecule has 1 atom stereocenters. The smallest absolute Gasteiger partial charge is 0.309 e. The van der Waals surface area contributed by atoms with Gasteiger partial charge in [-0.05, 0) is 34.1 Å². The Bertz CT molecular complexity index is 482. The molecule has 0 saturated carbocycles. The molecule has 1 aliphatic heterocycles. The van der Waals surface area contributed by atoms with Crippen molar-refractivity contribution in [2.45, 2.75) is 61.3 Å². The number of rotatable bonds is 4. The number of thiazole rings is 1. The lowest BCUT2D eigenvalue weighted by molar-refractivity contribution is -0.136. The predicted molar refractivity (Wildman–Crippen MR) is 77.0 cm³/mol. The second-order valence-corrected chi connectivity index (χ2v) is 8.26. The van der Waals surface area contributed by atoms with Crippen LogP contribution in [-0.4, -0.2) is 32.5 Å². The number of thioether (sulfide) groups is 1. The van der Waals surface area contributed by atoms with Gasteiger partial charge in [0.05, 0.1) is 23.3 Å². The number of hydrogen-bond acceptors (Lipinski definition) is 5. The third-order valence-electron chi connectivity index (χ3n) is 3.10. The van der Waals surface area contributed by atoms with Crippen LogP contribution in [0.25, 0.3) is 0 Å². The molecule has 1 aromatic rings. The average molecular weight is 301 g/mol. The summed E-state index contributed by atoms with van der Waals surface area (Å²) in [5.74, 6) is -0.840. The van der Waals surface area contributed by atoms with Gasteiger partial charge < -0.3 is 9.84 Å². The van der Waals surface area contributed by atoms with E-state index in [1.54, 1.807) is 11.8 Å². The molecule has 6 heteroatoms. The largest absolute Gasteiger partial charge is 0.481 e. The van der Waals surface area contributed by atoms with E-state index in [1.807, 2.05) is 5.38 Å². The maximum Gasteiger partial charge on any atom is 0.309 e. The van der Waals surface area contributed by atoms with Crippen LogP contribution in [-0.2, 0) is 16.0 Å². The number of carboxylic acids is 1. The van der Waals surface area contributed by atoms with Crippen LogP contribution >= 0.6 is 23.1 Å². The van der Waals surface area contributed by atoms with Crippen LogP contribution in [0.1, 0.15) is 39.8 Å². The second kappa shape index (κ2) is 5.07. The van der Waals surface area contributed by atoms with Crippen LogP contribution in [0, 0.1) is 0 Å². The van der Waals surface area contributed by atoms with Gasteiger partial charge in [0.1, 0.15) is 0 Å². The van der Waals surface area contributed by atoms with Crippen molar-refractivity contribution in [1.82, 2.24) is 4.98 Å². The Balaban J connectivity index is 2.05. The van der Waals surface area contributed by atoms with Gasteiger partial charge in [0.25, 0.3) is 0 Å². The van der Waals surface area contributed by atoms with Crippen LogP contribution in [0.4, 0.5) is 0 Å². The van der Waals surface area contributed by atoms with Crippen molar-refractivity contribution in [3.63, 3.8) is 0 Å². The SMILES string of the molecule is CC1(C)CC(Sc2nc(CC(=O)O)cs2)C(C)(C)O1. The Kier molecular flexibility index (Phi) is 3.95. The molecule has 1 aromatic heterocycles. The number of nitrogens with zero attached hydrogens (tertiary/aromatic N) is 1. The fourth-order valence-electron chi connectivity index (χ4n) is 2.40. The van der Waals surface area contributed by atoms with Crippen molar-refractivity contribution in [2.24, 2.45) is 0 Å². The molecular formula is C13H19NO3S2. The van der Waals surface area contributed by atoms with Gasteiger partial charge in [-0.25, -0.2) is 4.98 Å². The van der Waals surface area contributed by atoms with E-state index >= 15 is 0 Å². The summed E-state index contributed by atoms with van der Waals surface area (Å²) in [7, 11) is 0. The molecule has 0 radical (unpaired) electrons. The molecule has 0 bridgehead atoms. The second-order valence-electron chi connectivity index (χ2n) is 5.95. The molecular weight excluding hydrogens is 282 g/mol. The van der Waals surface area contributed by atoms with Gasteiger partial charge in [-0.1, -0.05) is 11.8 Å². The van der Waals surface area contributed by atoms with Crippen molar-refractivity contribution in [3.8, 4) is 0 Å². The minimum Gasteiger partial charge on any atom is -0.481 e. The van der Waals surface area contributed by atoms with E-state index < -0.39 is 5.97 Å². The first-order valence-corrected chi connectivity index (χ1v) is 7.97. The lowest BCUT2D eigenvalue weighted by Gasteiger charge is -2.26. The number of hydrogen-bond donors (Lipinski definition) is 1. The van der Waals surface area contributed by atoms with E-state index in [0.29, 0.717) is 10.9 Å². The molecule has 1 N–H and O–H groups in total. The van der Waals surface area contributed by atoms with Gasteiger partial charge >= 0.3 is 5.97 Å². The summed E-state index contributed by atoms with van der Waals surface area (Å²) in [6, 6.07) is 0. The Hall–Kier alpha value is -0.590. The maximum atomic E-state index is 10.6. The van der Waals surface area contributed by atoms with Crippen molar-refractivity contribution in [1.29, 1.82) is 0 Å². The third-order valence-corrected chi connectivity index (χ3v) is 5.67. The third kappa shape index (κ3) is 3.70. The van der Waals surface area contributed by atoms with E-state index in [9.17, 15) is 4.79 Å². The fraction of sp³-hybridized carbons (Fsp3) is 0.692. The molecule has 1 aliphatic rings. The first-order chi connectivity index (χ1) is 8.68. The number of aliphatic carboxylic acids is 1. The van der Waals surface area contributed by atoms with Crippen molar-refractivity contribution >= 4 is 29.1 Å². The number of aromatic nitrogens is 1. The summed E-state index contributed by atoms with van der Waals surface area (Å²) in [5, 5.41) is 10.9. The van der Waals surface area contributed by atoms with Gasteiger partial charge in [-0.3, -0.25) is 4.79 Å². The molecule has 0 aliphatic carbocycles. The summed E-state index contributed by atoms with van der Waals surface area (Å²) < 4.78 is 6.98. The standard InChI is InChI=1S/C13H19NO3S2/c1-12(2)6-9(13(3,4)17-12)19-11-14-8(7-18-11)5-10(15)16/h7,9H,5-6H2,1-4H3,(H,15,16). The number of carboxylic acid groups (broad SMARTS) is 1. The van der Waals surface area contributed by atoms with Crippen LogP contribution < -0.4 is 0 Å². The van der Waals surface area contributed by atoms with E-state index in [0.717, 1.165) is 10.8 Å². The molecule has 0 spiro atoms. The Labute approximate surface area is 121 Å². The van der Waals surface area contributed by atoms with Crippen LogP contribution in [0.3, 0.4) is 0 Å². The van der Waals surface area contributed by atoms with E-state index in [1.165, 1.54) is 11.3 Å². The highest BCUT2D eigenvalue weighted by Gasteiger charge is 2.46. The topological polar surface area (TPSA) is 59.4 Å². The molecule has 106 valence electrons. The van der Waals surface area contributed by atoms with E-state index in [4.69, 9.17) is 9.84 Å². The van der Waals surface area contributed by atoms with E-state index in [-0.39, 0.29) is 17.6 Å². The summed E-state index contributed by atoms with van der Waals surface area (Å²) in [4.78, 5) is 15.0. The molecule has 1 fully saturated rings. The van der Waals surface area contributed by atoms with Crippen molar-refractivity contribution in [2.75, 3.05) is 0 Å². The first-order valence-electron chi connectivity index (χ1n) is 6.21. The number of ether oxygens (including phenoxy) is 1. The van der Waals surface area contributed by atoms with Crippen molar-refractivity contribution in [3.05, 3.63) is 11.1 Å². The molecule has 0 amide bonds. The quantitative estimate of drug-likeness (QED) is 0.925. The minimum atomic E-state index is -0.840. The molecule has 2 rings (SSSR count). The highest BCUT2D eigenvalue weighted by Crippen LogP contribution is 2.46. The highest BCUT2D eigenvalue weighted by molar-refractivity contribution is 8.01. The summed E-state index contributed by atoms with van der Waals surface area (Å²) in [6.45, 7) is 8.41. The van der Waals surface area contributed by atoms with Gasteiger partial charge in [0.2, 0.25) is 0 Å². The predicted octanol–water partition coefficient (Wildman–Crippen LogP) is 3.21. The molecule has 1 unspecified atom stereocenters. The van der Waals surface area contributed by atoms with Crippen LogP contribution in [0.5, 0.6) is 0 Å². The highest BCUT2D eigenvalue weighted by atomic mass is 32.2. The van der Waals surface area contributed by atoms with Crippen molar-refractivity contribution < 1.29 is 14.6 Å². The van der Waals surface area contributed by atoms with Gasteiger partial charge in [0, 0.05) is 10.6 Å². The monoisotopic (exact) mass is 301 g/mol. The Morgan fingerprint density at radius 2 is 2.26 bits per heavy atom. The average Bonchev–Trinajstić information content (AvgIpc) is 2.68. The minimum absolute atomic E-state index is 0.00683. The lowest BCUT2D eigenvalue weighted by Crippen LogP contribution is -2.30. The summed E-state index contributed by atoms with van der Waals surface area (Å²) in [5.41, 5.74) is 0.339. The van der Waals surface area contributed by atoms with Gasteiger partial charge in [-0.2, -0.15) is 0 Å². The molecule has 1 saturated heterocycles. The zero-order valence-electron chi connectivity index (χ0n) is 11.6. The normalized spacial score (nSPS) is 24.5. The van der Waals surface area contributed by atoms with Crippen LogP contribution in [0.2, 0.25) is 0 Å².